The molecule has 5 heteroatoms. The molecule has 1 heterocycles. The predicted molar refractivity (Wildman–Crippen MR) is 75.8 cm³/mol. The topological polar surface area (TPSA) is 29.9 Å². The fourth-order valence-electron chi connectivity index (χ4n) is 2.99. The molecule has 1 aromatic carbocycles. The van der Waals surface area contributed by atoms with E-state index in [1.54, 1.807) is 6.07 Å². The first-order chi connectivity index (χ1) is 9.20. The van der Waals surface area contributed by atoms with Crippen LogP contribution in [0.3, 0.4) is 0 Å². The molecule has 102 valence electrons. The number of nitrogens with one attached hydrogen (secondary N) is 1. The summed E-state index contributed by atoms with van der Waals surface area (Å²) >= 11 is 5.40. The number of imidazole rings is 1. The number of aromatic nitrogens is 2. The molecule has 0 aliphatic heterocycles. The van der Waals surface area contributed by atoms with E-state index in [1.807, 2.05) is 0 Å². The van der Waals surface area contributed by atoms with Gasteiger partial charge in [0, 0.05) is 18.2 Å². The number of ether oxygens (including phenoxy) is 1. The third kappa shape index (κ3) is 2.16. The van der Waals surface area contributed by atoms with E-state index in [9.17, 15) is 4.39 Å². The predicted octanol–water partition coefficient (Wildman–Crippen LogP) is 4.35. The standard InChI is InChI=1S/C14H17FN2OS/c1-18-13-8-12-11(7-10(13)15)16-14(19)17(12)9-5-3-2-4-6-9/h7-9H,2-6H2,1H3,(H,16,19). The fourth-order valence-corrected chi connectivity index (χ4v) is 3.34. The summed E-state index contributed by atoms with van der Waals surface area (Å²) in [5, 5.41) is 0. The second-order valence-corrected chi connectivity index (χ2v) is 5.48. The fraction of sp³-hybridized carbons (Fsp3) is 0.500. The quantitative estimate of drug-likeness (QED) is 0.829. The Morgan fingerprint density at radius 1 is 1.32 bits per heavy atom. The van der Waals surface area contributed by atoms with Gasteiger partial charge in [0.25, 0.3) is 0 Å². The van der Waals surface area contributed by atoms with Crippen molar-refractivity contribution in [3.05, 3.63) is 22.7 Å². The van der Waals surface area contributed by atoms with Crippen LogP contribution in [0.4, 0.5) is 4.39 Å². The molecule has 19 heavy (non-hydrogen) atoms. The Morgan fingerprint density at radius 3 is 2.74 bits per heavy atom. The van der Waals surface area contributed by atoms with E-state index in [-0.39, 0.29) is 11.6 Å². The molecule has 0 spiro atoms. The van der Waals surface area contributed by atoms with Crippen molar-refractivity contribution >= 4 is 23.3 Å². The first kappa shape index (κ1) is 12.7. The second-order valence-electron chi connectivity index (χ2n) is 5.10. The highest BCUT2D eigenvalue weighted by Gasteiger charge is 2.19. The Balaban J connectivity index is 2.17. The molecule has 2 aromatic rings. The average molecular weight is 280 g/mol. The minimum Gasteiger partial charge on any atom is -0.494 e. The van der Waals surface area contributed by atoms with Gasteiger partial charge in [0.15, 0.2) is 16.3 Å². The Labute approximate surface area is 116 Å². The van der Waals surface area contributed by atoms with Gasteiger partial charge in [-0.3, -0.25) is 0 Å². The lowest BCUT2D eigenvalue weighted by Crippen LogP contribution is -2.12. The number of rotatable bonds is 2. The smallest absolute Gasteiger partial charge is 0.178 e. The maximum atomic E-state index is 13.7. The van der Waals surface area contributed by atoms with Crippen molar-refractivity contribution in [2.75, 3.05) is 7.11 Å². The van der Waals surface area contributed by atoms with E-state index in [0.29, 0.717) is 10.8 Å². The highest BCUT2D eigenvalue weighted by Crippen LogP contribution is 2.33. The molecule has 0 unspecified atom stereocenters. The van der Waals surface area contributed by atoms with Gasteiger partial charge in [-0.05, 0) is 25.1 Å². The Morgan fingerprint density at radius 2 is 2.05 bits per heavy atom. The SMILES string of the molecule is COc1cc2c(cc1F)[nH]c(=S)n2C1CCCCC1. The number of fused-ring (bicyclic) bond motifs is 1. The number of hydrogen-bond acceptors (Lipinski definition) is 2. The number of hydrogen-bond donors (Lipinski definition) is 1. The molecule has 1 aromatic heterocycles. The highest BCUT2D eigenvalue weighted by molar-refractivity contribution is 7.71. The Hall–Kier alpha value is -1.36. The van der Waals surface area contributed by atoms with Crippen LogP contribution in [0.2, 0.25) is 0 Å². The van der Waals surface area contributed by atoms with Gasteiger partial charge in [0.1, 0.15) is 0 Å². The van der Waals surface area contributed by atoms with E-state index in [2.05, 4.69) is 9.55 Å². The molecule has 3 rings (SSSR count). The first-order valence-corrected chi connectivity index (χ1v) is 7.09. The van der Waals surface area contributed by atoms with Gasteiger partial charge in [-0.15, -0.1) is 0 Å². The molecule has 1 aliphatic rings. The van der Waals surface area contributed by atoms with Gasteiger partial charge in [0.05, 0.1) is 18.1 Å². The summed E-state index contributed by atoms with van der Waals surface area (Å²) in [6.07, 6.45) is 6.04. The largest absolute Gasteiger partial charge is 0.494 e. The van der Waals surface area contributed by atoms with Gasteiger partial charge < -0.3 is 14.3 Å². The van der Waals surface area contributed by atoms with Gasteiger partial charge in [-0.25, -0.2) is 4.39 Å². The molecular formula is C14H17FN2OS. The number of nitrogens with zero attached hydrogens (tertiary/aromatic N) is 1. The summed E-state index contributed by atoms with van der Waals surface area (Å²) in [6, 6.07) is 3.62. The van der Waals surface area contributed by atoms with Crippen molar-refractivity contribution in [1.29, 1.82) is 0 Å². The van der Waals surface area contributed by atoms with Crippen molar-refractivity contribution in [3.8, 4) is 5.75 Å². The summed E-state index contributed by atoms with van der Waals surface area (Å²) in [4.78, 5) is 3.10. The normalized spacial score (nSPS) is 16.9. The van der Waals surface area contributed by atoms with Crippen molar-refractivity contribution in [1.82, 2.24) is 9.55 Å². The lowest BCUT2D eigenvalue weighted by molar-refractivity contribution is 0.356. The number of aromatic amines is 1. The van der Waals surface area contributed by atoms with Crippen LogP contribution < -0.4 is 4.74 Å². The molecule has 1 N–H and O–H groups in total. The zero-order valence-corrected chi connectivity index (χ0v) is 11.7. The first-order valence-electron chi connectivity index (χ1n) is 6.68. The molecule has 1 saturated carbocycles. The molecule has 0 atom stereocenters. The highest BCUT2D eigenvalue weighted by atomic mass is 32.1. The molecule has 3 nitrogen and oxygen atoms in total. The number of benzene rings is 1. The lowest BCUT2D eigenvalue weighted by Gasteiger charge is -2.23. The average Bonchev–Trinajstić information content (AvgIpc) is 2.73. The van der Waals surface area contributed by atoms with Crippen molar-refractivity contribution in [2.45, 2.75) is 38.1 Å². The van der Waals surface area contributed by atoms with Crippen LogP contribution in [0, 0.1) is 10.6 Å². The molecule has 1 aliphatic carbocycles. The minimum absolute atomic E-state index is 0.269. The van der Waals surface area contributed by atoms with Crippen LogP contribution in [0.1, 0.15) is 38.1 Å². The van der Waals surface area contributed by atoms with Crippen LogP contribution in [0.5, 0.6) is 5.75 Å². The van der Waals surface area contributed by atoms with Gasteiger partial charge in [0.2, 0.25) is 0 Å². The van der Waals surface area contributed by atoms with E-state index >= 15 is 0 Å². The van der Waals surface area contributed by atoms with Crippen molar-refractivity contribution in [3.63, 3.8) is 0 Å². The molecular weight excluding hydrogens is 263 g/mol. The minimum atomic E-state index is -0.359. The zero-order chi connectivity index (χ0) is 13.4. The Kier molecular flexibility index (Phi) is 3.31. The summed E-state index contributed by atoms with van der Waals surface area (Å²) in [5.74, 6) is -0.0897. The summed E-state index contributed by atoms with van der Waals surface area (Å²) in [5.41, 5.74) is 1.68. The number of halogens is 1. The van der Waals surface area contributed by atoms with Crippen LogP contribution in [-0.4, -0.2) is 16.7 Å². The van der Waals surface area contributed by atoms with Gasteiger partial charge in [-0.1, -0.05) is 19.3 Å². The molecule has 0 saturated heterocycles. The van der Waals surface area contributed by atoms with Crippen LogP contribution in [0.15, 0.2) is 12.1 Å². The zero-order valence-electron chi connectivity index (χ0n) is 10.9. The Bertz CT molecular complexity index is 655. The third-order valence-corrected chi connectivity index (χ3v) is 4.23. The number of H-pyrrole nitrogens is 1. The summed E-state index contributed by atoms with van der Waals surface area (Å²) in [7, 11) is 1.48. The van der Waals surface area contributed by atoms with E-state index in [1.165, 1.54) is 32.4 Å². The third-order valence-electron chi connectivity index (χ3n) is 3.93. The molecule has 0 radical (unpaired) electrons. The molecule has 0 amide bonds. The van der Waals surface area contributed by atoms with Crippen LogP contribution >= 0.6 is 12.2 Å². The monoisotopic (exact) mass is 280 g/mol. The molecule has 1 fully saturated rings. The summed E-state index contributed by atoms with van der Waals surface area (Å²) in [6.45, 7) is 0. The van der Waals surface area contributed by atoms with Gasteiger partial charge >= 0.3 is 0 Å². The van der Waals surface area contributed by atoms with E-state index < -0.39 is 0 Å². The lowest BCUT2D eigenvalue weighted by atomic mass is 9.95. The maximum Gasteiger partial charge on any atom is 0.178 e. The van der Waals surface area contributed by atoms with Gasteiger partial charge in [-0.2, -0.15) is 0 Å². The molecule has 0 bridgehead atoms. The maximum absolute atomic E-state index is 13.7. The van der Waals surface area contributed by atoms with Crippen molar-refractivity contribution < 1.29 is 9.13 Å². The second kappa shape index (κ2) is 4.96. The van der Waals surface area contributed by atoms with Crippen LogP contribution in [-0.2, 0) is 0 Å². The van der Waals surface area contributed by atoms with E-state index in [4.69, 9.17) is 17.0 Å². The van der Waals surface area contributed by atoms with Crippen LogP contribution in [0.25, 0.3) is 11.0 Å². The number of methoxy groups -OCH3 is 1. The van der Waals surface area contributed by atoms with E-state index in [0.717, 1.165) is 23.9 Å². The van der Waals surface area contributed by atoms with Crippen molar-refractivity contribution in [2.24, 2.45) is 0 Å². The summed E-state index contributed by atoms with van der Waals surface area (Å²) < 4.78 is 21.6.